The van der Waals surface area contributed by atoms with E-state index in [1.54, 1.807) is 7.11 Å². The van der Waals surface area contributed by atoms with Crippen LogP contribution in [0, 0.1) is 5.41 Å². The topological polar surface area (TPSA) is 33.5 Å². The van der Waals surface area contributed by atoms with E-state index in [2.05, 4.69) is 26.4 Å². The van der Waals surface area contributed by atoms with Crippen molar-refractivity contribution in [2.45, 2.75) is 32.2 Å². The van der Waals surface area contributed by atoms with Gasteiger partial charge in [-0.1, -0.05) is 0 Å². The average molecular weight is 306 g/mol. The van der Waals surface area contributed by atoms with Crippen molar-refractivity contribution >= 4 is 0 Å². The molecule has 22 heavy (non-hydrogen) atoms. The third-order valence-corrected chi connectivity index (χ3v) is 5.55. The van der Waals surface area contributed by atoms with Gasteiger partial charge in [0.2, 0.25) is 0 Å². The second-order valence-corrected chi connectivity index (χ2v) is 7.10. The molecule has 1 spiro atoms. The van der Waals surface area contributed by atoms with Gasteiger partial charge in [-0.05, 0) is 50.7 Å². The molecule has 0 bridgehead atoms. The Labute approximate surface area is 134 Å². The van der Waals surface area contributed by atoms with Gasteiger partial charge in [0.25, 0.3) is 0 Å². The van der Waals surface area contributed by atoms with E-state index in [0.717, 1.165) is 19.7 Å². The zero-order valence-electron chi connectivity index (χ0n) is 14.1. The van der Waals surface area contributed by atoms with E-state index >= 15 is 0 Å². The molecule has 3 rings (SSSR count). The molecule has 1 aromatic rings. The Morgan fingerprint density at radius 3 is 2.68 bits per heavy atom. The highest BCUT2D eigenvalue weighted by Gasteiger charge is 2.38. The number of aryl methyl sites for hydroxylation is 1. The molecule has 5 heteroatoms. The first-order valence-corrected chi connectivity index (χ1v) is 8.61. The molecule has 0 saturated carbocycles. The van der Waals surface area contributed by atoms with Crippen molar-refractivity contribution in [3.63, 3.8) is 0 Å². The summed E-state index contributed by atoms with van der Waals surface area (Å²) in [5.74, 6) is 1.19. The molecule has 0 unspecified atom stereocenters. The van der Waals surface area contributed by atoms with Gasteiger partial charge in [0.1, 0.15) is 5.82 Å². The lowest BCUT2D eigenvalue weighted by Gasteiger charge is -2.47. The molecule has 0 aliphatic carbocycles. The van der Waals surface area contributed by atoms with Crippen molar-refractivity contribution in [3.05, 3.63) is 18.2 Å². The largest absolute Gasteiger partial charge is 0.383 e. The van der Waals surface area contributed by atoms with Gasteiger partial charge in [-0.25, -0.2) is 4.98 Å². The van der Waals surface area contributed by atoms with Crippen molar-refractivity contribution in [2.75, 3.05) is 46.4 Å². The number of ether oxygens (including phenoxy) is 1. The Hall–Kier alpha value is -0.910. The van der Waals surface area contributed by atoms with Gasteiger partial charge in [0.05, 0.1) is 13.2 Å². The highest BCUT2D eigenvalue weighted by molar-refractivity contribution is 4.95. The summed E-state index contributed by atoms with van der Waals surface area (Å²) in [4.78, 5) is 9.67. The minimum absolute atomic E-state index is 0.549. The van der Waals surface area contributed by atoms with Crippen LogP contribution in [-0.4, -0.2) is 65.8 Å². The molecule has 0 N–H and O–H groups in total. The van der Waals surface area contributed by atoms with Crippen molar-refractivity contribution in [1.29, 1.82) is 0 Å². The lowest BCUT2D eigenvalue weighted by Crippen LogP contribution is -2.49. The molecule has 2 fully saturated rings. The van der Waals surface area contributed by atoms with Crippen LogP contribution in [0.15, 0.2) is 12.4 Å². The zero-order chi connectivity index (χ0) is 15.4. The fourth-order valence-electron chi connectivity index (χ4n) is 4.07. The van der Waals surface area contributed by atoms with Crippen molar-refractivity contribution in [2.24, 2.45) is 12.5 Å². The summed E-state index contributed by atoms with van der Waals surface area (Å²) >= 11 is 0. The van der Waals surface area contributed by atoms with Crippen molar-refractivity contribution < 1.29 is 4.74 Å². The van der Waals surface area contributed by atoms with Crippen LogP contribution in [-0.2, 0) is 18.3 Å². The smallest absolute Gasteiger partial charge is 0.122 e. The molecule has 0 radical (unpaired) electrons. The van der Waals surface area contributed by atoms with E-state index in [-0.39, 0.29) is 0 Å². The van der Waals surface area contributed by atoms with Crippen LogP contribution in [0.3, 0.4) is 0 Å². The van der Waals surface area contributed by atoms with Gasteiger partial charge in [0, 0.05) is 39.6 Å². The van der Waals surface area contributed by atoms with Gasteiger partial charge in [-0.15, -0.1) is 0 Å². The Balaban J connectivity index is 1.53. The van der Waals surface area contributed by atoms with Crippen LogP contribution in [0.1, 0.15) is 31.5 Å². The third kappa shape index (κ3) is 3.70. The number of hydrogen-bond donors (Lipinski definition) is 0. The Kier molecular flexibility index (Phi) is 5.16. The van der Waals surface area contributed by atoms with E-state index in [0.29, 0.717) is 5.41 Å². The summed E-state index contributed by atoms with van der Waals surface area (Å²) in [5.41, 5.74) is 0.549. The molecule has 124 valence electrons. The van der Waals surface area contributed by atoms with Gasteiger partial charge in [-0.2, -0.15) is 0 Å². The molecule has 2 saturated heterocycles. The van der Waals surface area contributed by atoms with E-state index in [1.807, 2.05) is 12.4 Å². The first kappa shape index (κ1) is 16.0. The molecular formula is C17H30N4O. The fraction of sp³-hybridized carbons (Fsp3) is 0.824. The van der Waals surface area contributed by atoms with Gasteiger partial charge >= 0.3 is 0 Å². The van der Waals surface area contributed by atoms with E-state index in [1.165, 1.54) is 57.7 Å². The van der Waals surface area contributed by atoms with Crippen LogP contribution in [0.4, 0.5) is 0 Å². The zero-order valence-corrected chi connectivity index (χ0v) is 14.1. The molecule has 0 aromatic carbocycles. The van der Waals surface area contributed by atoms with Crippen LogP contribution >= 0.6 is 0 Å². The third-order valence-electron chi connectivity index (χ3n) is 5.55. The number of imidazole rings is 1. The average Bonchev–Trinajstić information content (AvgIpc) is 2.92. The number of nitrogens with zero attached hydrogens (tertiary/aromatic N) is 4. The molecule has 0 amide bonds. The fourth-order valence-corrected chi connectivity index (χ4v) is 4.07. The van der Waals surface area contributed by atoms with E-state index in [4.69, 9.17) is 4.74 Å². The monoisotopic (exact) mass is 306 g/mol. The maximum Gasteiger partial charge on any atom is 0.122 e. The maximum atomic E-state index is 5.21. The Morgan fingerprint density at radius 2 is 2.00 bits per heavy atom. The molecule has 2 aliphatic rings. The van der Waals surface area contributed by atoms with Crippen LogP contribution in [0.5, 0.6) is 0 Å². The van der Waals surface area contributed by atoms with Crippen molar-refractivity contribution in [1.82, 2.24) is 19.4 Å². The molecule has 5 nitrogen and oxygen atoms in total. The second kappa shape index (κ2) is 7.11. The summed E-state index contributed by atoms with van der Waals surface area (Å²) in [6, 6.07) is 0. The van der Waals surface area contributed by atoms with Crippen molar-refractivity contribution in [3.8, 4) is 0 Å². The summed E-state index contributed by atoms with van der Waals surface area (Å²) in [6.45, 7) is 7.89. The first-order valence-electron chi connectivity index (χ1n) is 8.61. The minimum atomic E-state index is 0.549. The van der Waals surface area contributed by atoms with Crippen LogP contribution < -0.4 is 0 Å². The van der Waals surface area contributed by atoms with E-state index < -0.39 is 0 Å². The number of piperidine rings is 2. The number of methoxy groups -OCH3 is 1. The summed E-state index contributed by atoms with van der Waals surface area (Å²) in [7, 11) is 3.89. The van der Waals surface area contributed by atoms with Crippen LogP contribution in [0.25, 0.3) is 0 Å². The predicted octanol–water partition coefficient (Wildman–Crippen LogP) is 1.74. The Morgan fingerprint density at radius 1 is 1.18 bits per heavy atom. The quantitative estimate of drug-likeness (QED) is 0.830. The molecule has 3 heterocycles. The normalized spacial score (nSPS) is 23.2. The highest BCUT2D eigenvalue weighted by atomic mass is 16.5. The number of likely N-dealkylation sites (tertiary alicyclic amines) is 2. The highest BCUT2D eigenvalue weighted by Crippen LogP contribution is 2.40. The summed E-state index contributed by atoms with van der Waals surface area (Å²) in [6.07, 6.45) is 9.37. The molecule has 0 atom stereocenters. The lowest BCUT2D eigenvalue weighted by molar-refractivity contribution is 0.0133. The first-order chi connectivity index (χ1) is 10.7. The minimum Gasteiger partial charge on any atom is -0.383 e. The summed E-state index contributed by atoms with van der Waals surface area (Å²) < 4.78 is 7.36. The summed E-state index contributed by atoms with van der Waals surface area (Å²) in [5, 5.41) is 0. The van der Waals surface area contributed by atoms with E-state index in [9.17, 15) is 0 Å². The van der Waals surface area contributed by atoms with Crippen LogP contribution in [0.2, 0.25) is 0 Å². The second-order valence-electron chi connectivity index (χ2n) is 7.10. The molecular weight excluding hydrogens is 276 g/mol. The maximum absolute atomic E-state index is 5.21. The van der Waals surface area contributed by atoms with Gasteiger partial charge in [-0.3, -0.25) is 4.90 Å². The number of rotatable bonds is 5. The number of aromatic nitrogens is 2. The standard InChI is InChI=1S/C17H30N4O/c1-19-11-7-18-16(19)14-21-8-3-4-17(15-21)5-9-20(10-6-17)12-13-22-2/h7,11H,3-6,8-10,12-15H2,1-2H3. The van der Waals surface area contributed by atoms with Gasteiger partial charge < -0.3 is 14.2 Å². The molecule has 1 aromatic heterocycles. The lowest BCUT2D eigenvalue weighted by atomic mass is 9.72. The Bertz CT molecular complexity index is 465. The molecule has 2 aliphatic heterocycles. The number of hydrogen-bond acceptors (Lipinski definition) is 4. The SMILES string of the molecule is COCCN1CCC2(CCCN(Cc3nccn3C)C2)CC1. The predicted molar refractivity (Wildman–Crippen MR) is 87.7 cm³/mol. The van der Waals surface area contributed by atoms with Gasteiger partial charge in [0.15, 0.2) is 0 Å².